The Morgan fingerprint density at radius 2 is 1.95 bits per heavy atom. The van der Waals surface area contributed by atoms with Gasteiger partial charge < -0.3 is 14.6 Å². The van der Waals surface area contributed by atoms with Crippen molar-refractivity contribution in [2.45, 2.75) is 39.8 Å². The molecule has 0 spiro atoms. The summed E-state index contributed by atoms with van der Waals surface area (Å²) in [7, 11) is 0. The van der Waals surface area contributed by atoms with E-state index >= 15 is 0 Å². The molecular formula is C17H25N3O. The summed E-state index contributed by atoms with van der Waals surface area (Å²) in [4.78, 5) is 4.56. The van der Waals surface area contributed by atoms with Gasteiger partial charge in [-0.15, -0.1) is 0 Å². The van der Waals surface area contributed by atoms with Crippen LogP contribution in [0, 0.1) is 0 Å². The normalized spacial score (nSPS) is 12.3. The first kappa shape index (κ1) is 15.6. The first-order chi connectivity index (χ1) is 10.3. The SMILES string of the molecule is CCCn1ccnc1C(NCC)c1ccc(OCC)cc1. The summed E-state index contributed by atoms with van der Waals surface area (Å²) in [5.74, 6) is 1.98. The molecule has 0 radical (unpaired) electrons. The summed E-state index contributed by atoms with van der Waals surface area (Å²) in [6, 6.07) is 8.39. The van der Waals surface area contributed by atoms with Gasteiger partial charge in [0.25, 0.3) is 0 Å². The van der Waals surface area contributed by atoms with Crippen molar-refractivity contribution in [2.75, 3.05) is 13.2 Å². The second-order valence-corrected chi connectivity index (χ2v) is 4.97. The summed E-state index contributed by atoms with van der Waals surface area (Å²) < 4.78 is 7.74. The minimum atomic E-state index is 0.118. The van der Waals surface area contributed by atoms with Gasteiger partial charge in [-0.25, -0.2) is 4.98 Å². The number of nitrogens with one attached hydrogen (secondary N) is 1. The van der Waals surface area contributed by atoms with Crippen molar-refractivity contribution in [3.8, 4) is 5.75 Å². The average molecular weight is 287 g/mol. The predicted octanol–water partition coefficient (Wildman–Crippen LogP) is 3.39. The molecule has 1 atom stereocenters. The Kier molecular flexibility index (Phi) is 5.81. The third kappa shape index (κ3) is 3.85. The van der Waals surface area contributed by atoms with E-state index in [4.69, 9.17) is 4.74 Å². The molecule has 0 bridgehead atoms. The number of hydrogen-bond donors (Lipinski definition) is 1. The fraction of sp³-hybridized carbons (Fsp3) is 0.471. The second-order valence-electron chi connectivity index (χ2n) is 4.97. The number of rotatable bonds is 8. The minimum absolute atomic E-state index is 0.118. The Labute approximate surface area is 127 Å². The van der Waals surface area contributed by atoms with Crippen LogP contribution in [0.1, 0.15) is 44.6 Å². The Morgan fingerprint density at radius 3 is 2.57 bits per heavy atom. The van der Waals surface area contributed by atoms with Crippen LogP contribution in [0.15, 0.2) is 36.7 Å². The molecule has 0 aliphatic heterocycles. The molecule has 2 aromatic rings. The molecule has 1 unspecified atom stereocenters. The van der Waals surface area contributed by atoms with E-state index in [1.807, 2.05) is 25.3 Å². The van der Waals surface area contributed by atoms with Crippen LogP contribution in [0.3, 0.4) is 0 Å². The average Bonchev–Trinajstić information content (AvgIpc) is 2.95. The van der Waals surface area contributed by atoms with Gasteiger partial charge in [-0.2, -0.15) is 0 Å². The lowest BCUT2D eigenvalue weighted by molar-refractivity contribution is 0.340. The van der Waals surface area contributed by atoms with Gasteiger partial charge in [0.05, 0.1) is 12.6 Å². The summed E-state index contributed by atoms with van der Waals surface area (Å²) in [6.07, 6.45) is 5.03. The molecule has 0 saturated heterocycles. The third-order valence-electron chi connectivity index (χ3n) is 3.40. The van der Waals surface area contributed by atoms with Gasteiger partial charge in [-0.05, 0) is 37.6 Å². The lowest BCUT2D eigenvalue weighted by atomic mass is 10.1. The monoisotopic (exact) mass is 287 g/mol. The highest BCUT2D eigenvalue weighted by molar-refractivity contribution is 5.32. The molecule has 4 heteroatoms. The van der Waals surface area contributed by atoms with Crippen molar-refractivity contribution in [1.29, 1.82) is 0 Å². The predicted molar refractivity (Wildman–Crippen MR) is 85.6 cm³/mol. The second kappa shape index (κ2) is 7.84. The van der Waals surface area contributed by atoms with Gasteiger partial charge >= 0.3 is 0 Å². The standard InChI is InChI=1S/C17H25N3O/c1-4-12-20-13-11-19-17(20)16(18-5-2)14-7-9-15(10-8-14)21-6-3/h7-11,13,16,18H,4-6,12H2,1-3H3. The number of aryl methyl sites for hydroxylation is 1. The molecule has 2 rings (SSSR count). The zero-order valence-corrected chi connectivity index (χ0v) is 13.2. The van der Waals surface area contributed by atoms with Crippen LogP contribution >= 0.6 is 0 Å². The van der Waals surface area contributed by atoms with Gasteiger partial charge in [0.2, 0.25) is 0 Å². The fourth-order valence-electron chi connectivity index (χ4n) is 2.50. The largest absolute Gasteiger partial charge is 0.494 e. The van der Waals surface area contributed by atoms with Crippen molar-refractivity contribution in [3.05, 3.63) is 48.0 Å². The Morgan fingerprint density at radius 1 is 1.19 bits per heavy atom. The Balaban J connectivity index is 2.27. The van der Waals surface area contributed by atoms with Crippen LogP contribution in [-0.2, 0) is 6.54 Å². The number of hydrogen-bond acceptors (Lipinski definition) is 3. The van der Waals surface area contributed by atoms with Crippen LogP contribution in [0.4, 0.5) is 0 Å². The zero-order chi connectivity index (χ0) is 15.1. The molecular weight excluding hydrogens is 262 g/mol. The molecule has 0 aliphatic carbocycles. The molecule has 4 nitrogen and oxygen atoms in total. The minimum Gasteiger partial charge on any atom is -0.494 e. The lowest BCUT2D eigenvalue weighted by Crippen LogP contribution is -2.25. The molecule has 0 saturated carbocycles. The number of benzene rings is 1. The molecule has 1 N–H and O–H groups in total. The highest BCUT2D eigenvalue weighted by Crippen LogP contribution is 2.23. The summed E-state index contributed by atoms with van der Waals surface area (Å²) in [6.45, 7) is 8.89. The van der Waals surface area contributed by atoms with Crippen LogP contribution in [0.25, 0.3) is 0 Å². The number of aromatic nitrogens is 2. The topological polar surface area (TPSA) is 39.1 Å². The third-order valence-corrected chi connectivity index (χ3v) is 3.40. The van der Waals surface area contributed by atoms with Crippen molar-refractivity contribution in [1.82, 2.24) is 14.9 Å². The summed E-state index contributed by atoms with van der Waals surface area (Å²) in [5, 5.41) is 3.53. The number of nitrogens with zero attached hydrogens (tertiary/aromatic N) is 2. The zero-order valence-electron chi connectivity index (χ0n) is 13.2. The van der Waals surface area contributed by atoms with Crippen molar-refractivity contribution in [3.63, 3.8) is 0 Å². The van der Waals surface area contributed by atoms with E-state index in [0.717, 1.165) is 31.1 Å². The summed E-state index contributed by atoms with van der Waals surface area (Å²) >= 11 is 0. The molecule has 0 fully saturated rings. The van der Waals surface area contributed by atoms with E-state index in [1.54, 1.807) is 0 Å². The van der Waals surface area contributed by atoms with Gasteiger partial charge in [-0.1, -0.05) is 26.0 Å². The van der Waals surface area contributed by atoms with E-state index < -0.39 is 0 Å². The van der Waals surface area contributed by atoms with Crippen molar-refractivity contribution < 1.29 is 4.74 Å². The van der Waals surface area contributed by atoms with Crippen LogP contribution < -0.4 is 10.1 Å². The Bertz CT molecular complexity index is 533. The maximum Gasteiger partial charge on any atom is 0.130 e. The van der Waals surface area contributed by atoms with Crippen LogP contribution in [0.5, 0.6) is 5.75 Å². The van der Waals surface area contributed by atoms with Crippen molar-refractivity contribution >= 4 is 0 Å². The first-order valence-corrected chi connectivity index (χ1v) is 7.77. The molecule has 21 heavy (non-hydrogen) atoms. The van der Waals surface area contributed by atoms with Gasteiger partial charge in [0.15, 0.2) is 0 Å². The quantitative estimate of drug-likeness (QED) is 0.809. The molecule has 1 aromatic carbocycles. The maximum atomic E-state index is 5.51. The Hall–Kier alpha value is -1.81. The smallest absolute Gasteiger partial charge is 0.130 e. The first-order valence-electron chi connectivity index (χ1n) is 7.77. The summed E-state index contributed by atoms with van der Waals surface area (Å²) in [5.41, 5.74) is 1.21. The lowest BCUT2D eigenvalue weighted by Gasteiger charge is -2.19. The molecule has 0 amide bonds. The van der Waals surface area contributed by atoms with Gasteiger partial charge in [-0.3, -0.25) is 0 Å². The maximum absolute atomic E-state index is 5.51. The van der Waals surface area contributed by atoms with E-state index in [9.17, 15) is 0 Å². The van der Waals surface area contributed by atoms with Crippen LogP contribution in [-0.4, -0.2) is 22.7 Å². The number of ether oxygens (including phenoxy) is 1. The fourth-order valence-corrected chi connectivity index (χ4v) is 2.50. The van der Waals surface area contributed by atoms with Crippen LogP contribution in [0.2, 0.25) is 0 Å². The molecule has 1 heterocycles. The van der Waals surface area contributed by atoms with Gasteiger partial charge in [0, 0.05) is 18.9 Å². The highest BCUT2D eigenvalue weighted by Gasteiger charge is 2.18. The molecule has 1 aromatic heterocycles. The molecule has 114 valence electrons. The highest BCUT2D eigenvalue weighted by atomic mass is 16.5. The molecule has 0 aliphatic rings. The van der Waals surface area contributed by atoms with Crippen molar-refractivity contribution in [2.24, 2.45) is 0 Å². The van der Waals surface area contributed by atoms with E-state index in [1.165, 1.54) is 5.56 Å². The van der Waals surface area contributed by atoms with E-state index in [2.05, 4.69) is 47.0 Å². The van der Waals surface area contributed by atoms with Gasteiger partial charge in [0.1, 0.15) is 11.6 Å². The van der Waals surface area contributed by atoms with E-state index in [0.29, 0.717) is 6.61 Å². The van der Waals surface area contributed by atoms with E-state index in [-0.39, 0.29) is 6.04 Å². The number of imidazole rings is 1.